The molecule has 19 heavy (non-hydrogen) atoms. The van der Waals surface area contributed by atoms with Crippen LogP contribution < -0.4 is 10.6 Å². The molecule has 0 aliphatic carbocycles. The number of nitrogens with one attached hydrogen (secondary N) is 2. The number of hydrogen-bond donors (Lipinski definition) is 2. The predicted octanol–water partition coefficient (Wildman–Crippen LogP) is 4.19. The summed E-state index contributed by atoms with van der Waals surface area (Å²) in [4.78, 5) is 11.0. The second-order valence-corrected chi connectivity index (χ2v) is 6.66. The molecule has 0 saturated heterocycles. The van der Waals surface area contributed by atoms with E-state index in [0.29, 0.717) is 15.7 Å². The van der Waals surface area contributed by atoms with Crippen LogP contribution in [0.5, 0.6) is 0 Å². The van der Waals surface area contributed by atoms with Gasteiger partial charge in [0, 0.05) is 5.02 Å². The summed E-state index contributed by atoms with van der Waals surface area (Å²) < 4.78 is 10.3. The van der Waals surface area contributed by atoms with Crippen molar-refractivity contribution in [3.8, 4) is 0 Å². The number of alkyl halides is 4. The van der Waals surface area contributed by atoms with Gasteiger partial charge in [-0.3, -0.25) is 4.79 Å². The Balaban J connectivity index is 2.94. The van der Waals surface area contributed by atoms with E-state index >= 15 is 0 Å². The summed E-state index contributed by atoms with van der Waals surface area (Å²) in [5.41, 5.74) is 0.338. The fourth-order valence-electron chi connectivity index (χ4n) is 1.16. The van der Waals surface area contributed by atoms with E-state index in [2.05, 4.69) is 10.6 Å². The first-order valence-corrected chi connectivity index (χ1v) is 6.76. The quantitative estimate of drug-likeness (QED) is 0.618. The van der Waals surface area contributed by atoms with Gasteiger partial charge in [0.25, 0.3) is 5.91 Å². The van der Waals surface area contributed by atoms with Gasteiger partial charge in [0.2, 0.25) is 3.79 Å². The molecule has 1 aromatic rings. The average Bonchev–Trinajstić information content (AvgIpc) is 2.31. The first-order valence-electron chi connectivity index (χ1n) is 4.87. The lowest BCUT2D eigenvalue weighted by molar-refractivity contribution is -0.122. The molecule has 1 aromatic carbocycles. The second kappa shape index (κ2) is 7.04. The Labute approximate surface area is 134 Å². The lowest BCUT2D eigenvalue weighted by Gasteiger charge is -2.27. The Bertz CT molecular complexity index is 466. The van der Waals surface area contributed by atoms with Gasteiger partial charge in [-0.1, -0.05) is 58.0 Å². The first-order chi connectivity index (χ1) is 8.74. The number of rotatable bonds is 4. The van der Waals surface area contributed by atoms with E-state index in [1.165, 1.54) is 12.1 Å². The SMILES string of the molecule is O=C(CF)NC(Nc1cc(Cl)ccc1Cl)C(Cl)(Cl)Cl. The van der Waals surface area contributed by atoms with Crippen LogP contribution in [-0.4, -0.2) is 22.5 Å². The van der Waals surface area contributed by atoms with Crippen LogP contribution in [0.2, 0.25) is 10.0 Å². The van der Waals surface area contributed by atoms with Crippen molar-refractivity contribution in [1.29, 1.82) is 0 Å². The topological polar surface area (TPSA) is 41.1 Å². The molecule has 0 aliphatic rings. The molecule has 0 heterocycles. The van der Waals surface area contributed by atoms with Gasteiger partial charge < -0.3 is 10.6 Å². The maximum absolute atomic E-state index is 12.2. The van der Waals surface area contributed by atoms with Gasteiger partial charge in [-0.15, -0.1) is 0 Å². The fraction of sp³-hybridized carbons (Fsp3) is 0.300. The molecular weight excluding hydrogens is 360 g/mol. The van der Waals surface area contributed by atoms with Gasteiger partial charge in [-0.2, -0.15) is 0 Å². The molecule has 1 amide bonds. The number of benzene rings is 1. The molecule has 0 spiro atoms. The van der Waals surface area contributed by atoms with Crippen molar-refractivity contribution in [2.24, 2.45) is 0 Å². The fourth-order valence-corrected chi connectivity index (χ4v) is 1.83. The third-order valence-corrected chi connectivity index (χ3v) is 3.20. The minimum absolute atomic E-state index is 0.304. The molecule has 2 N–H and O–H groups in total. The molecule has 0 radical (unpaired) electrons. The van der Waals surface area contributed by atoms with E-state index in [1.807, 2.05) is 0 Å². The Morgan fingerprint density at radius 1 is 1.32 bits per heavy atom. The Kier molecular flexibility index (Phi) is 6.27. The van der Waals surface area contributed by atoms with Gasteiger partial charge in [0.05, 0.1) is 10.7 Å². The zero-order valence-electron chi connectivity index (χ0n) is 9.19. The molecule has 9 heteroatoms. The zero-order valence-corrected chi connectivity index (χ0v) is 13.0. The number of carbonyl (C=O) groups excluding carboxylic acids is 1. The zero-order chi connectivity index (χ0) is 14.6. The van der Waals surface area contributed by atoms with E-state index < -0.39 is 22.5 Å². The van der Waals surface area contributed by atoms with Crippen molar-refractivity contribution in [2.75, 3.05) is 12.0 Å². The number of halogens is 6. The third-order valence-electron chi connectivity index (χ3n) is 1.98. The first kappa shape index (κ1) is 16.9. The highest BCUT2D eigenvalue weighted by Crippen LogP contribution is 2.33. The summed E-state index contributed by atoms with van der Waals surface area (Å²) in [5, 5.41) is 5.56. The predicted molar refractivity (Wildman–Crippen MR) is 78.3 cm³/mol. The van der Waals surface area contributed by atoms with E-state index in [9.17, 15) is 9.18 Å². The molecule has 0 fully saturated rings. The van der Waals surface area contributed by atoms with Crippen molar-refractivity contribution in [3.05, 3.63) is 28.2 Å². The Hall–Kier alpha value is -0.130. The summed E-state index contributed by atoms with van der Waals surface area (Å²) in [5.74, 6) is -0.929. The summed E-state index contributed by atoms with van der Waals surface area (Å²) in [6.45, 7) is -1.23. The summed E-state index contributed by atoms with van der Waals surface area (Å²) in [7, 11) is 0. The van der Waals surface area contributed by atoms with Crippen LogP contribution in [0.3, 0.4) is 0 Å². The summed E-state index contributed by atoms with van der Waals surface area (Å²) in [6.07, 6.45) is -1.17. The smallest absolute Gasteiger partial charge is 0.253 e. The van der Waals surface area contributed by atoms with E-state index in [1.54, 1.807) is 6.07 Å². The minimum Gasteiger partial charge on any atom is -0.361 e. The standard InChI is InChI=1S/C10H8Cl5FN2O/c11-5-1-2-6(12)7(3-5)17-9(10(13,14)15)18-8(19)4-16/h1-3,9,17H,4H2,(H,18,19). The number of hydrogen-bond acceptors (Lipinski definition) is 2. The van der Waals surface area contributed by atoms with Gasteiger partial charge in [0.15, 0.2) is 6.67 Å². The van der Waals surface area contributed by atoms with Crippen LogP contribution in [0, 0.1) is 0 Å². The summed E-state index contributed by atoms with van der Waals surface area (Å²) >= 11 is 28.8. The molecule has 1 rings (SSSR count). The van der Waals surface area contributed by atoms with E-state index in [-0.39, 0.29) is 0 Å². The minimum atomic E-state index is -1.91. The Morgan fingerprint density at radius 2 is 1.95 bits per heavy atom. The van der Waals surface area contributed by atoms with Crippen molar-refractivity contribution >= 4 is 69.6 Å². The van der Waals surface area contributed by atoms with Crippen LogP contribution in [0.1, 0.15) is 0 Å². The van der Waals surface area contributed by atoms with Crippen LogP contribution in [0.15, 0.2) is 18.2 Å². The van der Waals surface area contributed by atoms with Gasteiger partial charge in [-0.25, -0.2) is 4.39 Å². The van der Waals surface area contributed by atoms with Crippen LogP contribution >= 0.6 is 58.0 Å². The monoisotopic (exact) mass is 366 g/mol. The molecule has 3 nitrogen and oxygen atoms in total. The molecule has 1 atom stereocenters. The molecule has 0 aliphatic heterocycles. The Morgan fingerprint density at radius 3 is 2.47 bits per heavy atom. The molecule has 0 saturated carbocycles. The van der Waals surface area contributed by atoms with Crippen LogP contribution in [0.4, 0.5) is 10.1 Å². The lowest BCUT2D eigenvalue weighted by Crippen LogP contribution is -2.49. The molecule has 1 unspecified atom stereocenters. The van der Waals surface area contributed by atoms with Crippen LogP contribution in [-0.2, 0) is 4.79 Å². The van der Waals surface area contributed by atoms with Gasteiger partial charge >= 0.3 is 0 Å². The maximum atomic E-state index is 12.2. The number of amides is 1. The third kappa shape index (κ3) is 5.40. The highest BCUT2D eigenvalue weighted by molar-refractivity contribution is 6.68. The second-order valence-electron chi connectivity index (χ2n) is 3.44. The molecule has 106 valence electrons. The number of anilines is 1. The van der Waals surface area contributed by atoms with Crippen molar-refractivity contribution < 1.29 is 9.18 Å². The lowest BCUT2D eigenvalue weighted by atomic mass is 10.3. The van der Waals surface area contributed by atoms with E-state index in [4.69, 9.17) is 58.0 Å². The average molecular weight is 368 g/mol. The summed E-state index contributed by atoms with van der Waals surface area (Å²) in [6, 6.07) is 4.58. The highest BCUT2D eigenvalue weighted by Gasteiger charge is 2.34. The van der Waals surface area contributed by atoms with Gasteiger partial charge in [-0.05, 0) is 18.2 Å². The van der Waals surface area contributed by atoms with Crippen molar-refractivity contribution in [3.63, 3.8) is 0 Å². The molecule has 0 bridgehead atoms. The van der Waals surface area contributed by atoms with Crippen LogP contribution in [0.25, 0.3) is 0 Å². The van der Waals surface area contributed by atoms with Crippen molar-refractivity contribution in [2.45, 2.75) is 9.96 Å². The van der Waals surface area contributed by atoms with Gasteiger partial charge in [0.1, 0.15) is 6.17 Å². The largest absolute Gasteiger partial charge is 0.361 e. The highest BCUT2D eigenvalue weighted by atomic mass is 35.6. The number of carbonyl (C=O) groups is 1. The normalized spacial score (nSPS) is 12.9. The van der Waals surface area contributed by atoms with E-state index in [0.717, 1.165) is 0 Å². The van der Waals surface area contributed by atoms with Crippen molar-refractivity contribution in [1.82, 2.24) is 5.32 Å². The maximum Gasteiger partial charge on any atom is 0.253 e. The molecular formula is C10H8Cl5FN2O. The molecule has 0 aromatic heterocycles.